The van der Waals surface area contributed by atoms with Gasteiger partial charge in [0.1, 0.15) is 0 Å². The van der Waals surface area contributed by atoms with Gasteiger partial charge in [-0.15, -0.1) is 0 Å². The highest BCUT2D eigenvalue weighted by atomic mass is 35.5. The van der Waals surface area contributed by atoms with E-state index in [9.17, 15) is 0 Å². The maximum atomic E-state index is 6.31. The van der Waals surface area contributed by atoms with Crippen molar-refractivity contribution in [1.29, 1.82) is 0 Å². The van der Waals surface area contributed by atoms with Gasteiger partial charge in [0.15, 0.2) is 11.5 Å². The van der Waals surface area contributed by atoms with Crippen molar-refractivity contribution >= 4 is 11.6 Å². The molecule has 2 rings (SSSR count). The molecule has 1 aliphatic carbocycles. The second-order valence-corrected chi connectivity index (χ2v) is 5.57. The molecule has 0 unspecified atom stereocenters. The van der Waals surface area contributed by atoms with Crippen molar-refractivity contribution < 1.29 is 9.47 Å². The third-order valence-electron chi connectivity index (χ3n) is 3.54. The van der Waals surface area contributed by atoms with Crippen LogP contribution in [0, 0.1) is 5.41 Å². The van der Waals surface area contributed by atoms with E-state index in [0.29, 0.717) is 21.9 Å². The highest BCUT2D eigenvalue weighted by Gasteiger charge is 2.36. The topological polar surface area (TPSA) is 30.5 Å². The van der Waals surface area contributed by atoms with Crippen molar-refractivity contribution in [2.75, 3.05) is 20.8 Å². The lowest BCUT2D eigenvalue weighted by atomic mass is 10.1. The Kier molecular flexibility index (Phi) is 4.03. The first kappa shape index (κ1) is 13.5. The van der Waals surface area contributed by atoms with Gasteiger partial charge in [-0.2, -0.15) is 0 Å². The Morgan fingerprint density at radius 2 is 2.00 bits per heavy atom. The molecule has 1 N–H and O–H groups in total. The zero-order valence-corrected chi connectivity index (χ0v) is 11.9. The number of ether oxygens (including phenoxy) is 2. The minimum absolute atomic E-state index is 0.503. The molecule has 1 aromatic rings. The number of nitrogens with one attached hydrogen (secondary N) is 1. The summed E-state index contributed by atoms with van der Waals surface area (Å²) in [4.78, 5) is 0. The molecule has 0 atom stereocenters. The molecule has 1 aromatic carbocycles. The summed E-state index contributed by atoms with van der Waals surface area (Å²) in [6.07, 6.45) is 2.64. The van der Waals surface area contributed by atoms with E-state index in [1.54, 1.807) is 14.2 Å². The minimum Gasteiger partial charge on any atom is -0.493 e. The minimum atomic E-state index is 0.503. The standard InChI is InChI=1S/C14H20ClNO2/c1-14(6-7-14)9-16-8-10-4-5-11(17-2)13(18-3)12(10)15/h4-5,16H,6-9H2,1-3H3. The largest absolute Gasteiger partial charge is 0.493 e. The van der Waals surface area contributed by atoms with E-state index in [1.165, 1.54) is 12.8 Å². The Hall–Kier alpha value is -0.930. The van der Waals surface area contributed by atoms with Crippen LogP contribution in [0.2, 0.25) is 5.02 Å². The van der Waals surface area contributed by atoms with Crippen molar-refractivity contribution in [3.63, 3.8) is 0 Å². The van der Waals surface area contributed by atoms with E-state index < -0.39 is 0 Å². The molecule has 0 saturated heterocycles. The Morgan fingerprint density at radius 3 is 2.56 bits per heavy atom. The molecule has 0 spiro atoms. The maximum absolute atomic E-state index is 6.31. The fourth-order valence-corrected chi connectivity index (χ4v) is 2.26. The molecule has 3 nitrogen and oxygen atoms in total. The lowest BCUT2D eigenvalue weighted by Gasteiger charge is -2.14. The normalized spacial score (nSPS) is 16.4. The van der Waals surface area contributed by atoms with Gasteiger partial charge in [-0.25, -0.2) is 0 Å². The average molecular weight is 270 g/mol. The third kappa shape index (κ3) is 2.90. The summed E-state index contributed by atoms with van der Waals surface area (Å²) in [7, 11) is 3.21. The molecule has 0 aliphatic heterocycles. The predicted octanol–water partition coefficient (Wildman–Crippen LogP) is 3.25. The van der Waals surface area contributed by atoms with Crippen LogP contribution in [0.3, 0.4) is 0 Å². The van der Waals surface area contributed by atoms with E-state index in [-0.39, 0.29) is 0 Å². The van der Waals surface area contributed by atoms with Crippen LogP contribution >= 0.6 is 11.6 Å². The molecule has 0 bridgehead atoms. The lowest BCUT2D eigenvalue weighted by Crippen LogP contribution is -2.21. The zero-order valence-electron chi connectivity index (χ0n) is 11.2. The van der Waals surface area contributed by atoms with Gasteiger partial charge in [0, 0.05) is 13.1 Å². The van der Waals surface area contributed by atoms with Crippen LogP contribution in [0.15, 0.2) is 12.1 Å². The summed E-state index contributed by atoms with van der Waals surface area (Å²) in [6, 6.07) is 3.87. The maximum Gasteiger partial charge on any atom is 0.179 e. The van der Waals surface area contributed by atoms with Crippen LogP contribution in [0.1, 0.15) is 25.3 Å². The van der Waals surface area contributed by atoms with Crippen molar-refractivity contribution in [3.8, 4) is 11.5 Å². The number of rotatable bonds is 6. The highest BCUT2D eigenvalue weighted by Crippen LogP contribution is 2.44. The van der Waals surface area contributed by atoms with E-state index >= 15 is 0 Å². The Balaban J connectivity index is 2.03. The van der Waals surface area contributed by atoms with Crippen LogP contribution in [-0.2, 0) is 6.54 Å². The van der Waals surface area contributed by atoms with Crippen LogP contribution < -0.4 is 14.8 Å². The van der Waals surface area contributed by atoms with Gasteiger partial charge in [-0.1, -0.05) is 24.6 Å². The number of hydrogen-bond donors (Lipinski definition) is 1. The average Bonchev–Trinajstić information content (AvgIpc) is 3.09. The third-order valence-corrected chi connectivity index (χ3v) is 3.95. The van der Waals surface area contributed by atoms with Gasteiger partial charge in [-0.05, 0) is 29.9 Å². The Bertz CT molecular complexity index is 430. The summed E-state index contributed by atoms with van der Waals surface area (Å²) in [5.74, 6) is 1.27. The second kappa shape index (κ2) is 5.37. The second-order valence-electron chi connectivity index (χ2n) is 5.19. The number of benzene rings is 1. The fraction of sp³-hybridized carbons (Fsp3) is 0.571. The molecular formula is C14H20ClNO2. The van der Waals surface area contributed by atoms with E-state index in [4.69, 9.17) is 21.1 Å². The van der Waals surface area contributed by atoms with Crippen LogP contribution in [-0.4, -0.2) is 20.8 Å². The van der Waals surface area contributed by atoms with Crippen molar-refractivity contribution in [3.05, 3.63) is 22.7 Å². The summed E-state index contributed by atoms with van der Waals surface area (Å²) in [5, 5.41) is 4.08. The van der Waals surface area contributed by atoms with Gasteiger partial charge in [-0.3, -0.25) is 0 Å². The molecule has 0 amide bonds. The first-order valence-electron chi connectivity index (χ1n) is 6.20. The first-order chi connectivity index (χ1) is 8.59. The van der Waals surface area contributed by atoms with Gasteiger partial charge in [0.2, 0.25) is 0 Å². The number of hydrogen-bond acceptors (Lipinski definition) is 3. The van der Waals surface area contributed by atoms with E-state index in [1.807, 2.05) is 12.1 Å². The zero-order chi connectivity index (χ0) is 13.2. The SMILES string of the molecule is COc1ccc(CNCC2(C)CC2)c(Cl)c1OC. The molecule has 0 aromatic heterocycles. The van der Waals surface area contributed by atoms with E-state index in [2.05, 4.69) is 12.2 Å². The van der Waals surface area contributed by atoms with Gasteiger partial charge < -0.3 is 14.8 Å². The smallest absolute Gasteiger partial charge is 0.179 e. The molecule has 1 saturated carbocycles. The summed E-state index contributed by atoms with van der Waals surface area (Å²) >= 11 is 6.31. The van der Waals surface area contributed by atoms with Gasteiger partial charge in [0.25, 0.3) is 0 Å². The van der Waals surface area contributed by atoms with Crippen molar-refractivity contribution in [2.45, 2.75) is 26.3 Å². The fourth-order valence-electron chi connectivity index (χ4n) is 1.96. The van der Waals surface area contributed by atoms with Gasteiger partial charge >= 0.3 is 0 Å². The molecule has 4 heteroatoms. The molecule has 1 fully saturated rings. The van der Waals surface area contributed by atoms with Crippen LogP contribution in [0.5, 0.6) is 11.5 Å². The van der Waals surface area contributed by atoms with E-state index in [0.717, 1.165) is 18.7 Å². The van der Waals surface area contributed by atoms with Crippen molar-refractivity contribution in [1.82, 2.24) is 5.32 Å². The molecule has 1 aliphatic rings. The predicted molar refractivity (Wildman–Crippen MR) is 73.6 cm³/mol. The number of halogens is 1. The summed E-state index contributed by atoms with van der Waals surface area (Å²) in [6.45, 7) is 4.10. The molecular weight excluding hydrogens is 250 g/mol. The lowest BCUT2D eigenvalue weighted by molar-refractivity contribution is 0.354. The van der Waals surface area contributed by atoms with Crippen LogP contribution in [0.25, 0.3) is 0 Å². The number of methoxy groups -OCH3 is 2. The Morgan fingerprint density at radius 1 is 1.28 bits per heavy atom. The quantitative estimate of drug-likeness (QED) is 0.860. The molecule has 18 heavy (non-hydrogen) atoms. The van der Waals surface area contributed by atoms with Crippen LogP contribution in [0.4, 0.5) is 0 Å². The Labute approximate surface area is 113 Å². The van der Waals surface area contributed by atoms with Gasteiger partial charge in [0.05, 0.1) is 19.2 Å². The molecule has 0 radical (unpaired) electrons. The molecule has 0 heterocycles. The highest BCUT2D eigenvalue weighted by molar-refractivity contribution is 6.33. The monoisotopic (exact) mass is 269 g/mol. The van der Waals surface area contributed by atoms with Crippen molar-refractivity contribution in [2.24, 2.45) is 5.41 Å². The summed E-state index contributed by atoms with van der Waals surface area (Å²) in [5.41, 5.74) is 1.54. The first-order valence-corrected chi connectivity index (χ1v) is 6.57. The molecule has 100 valence electrons. The summed E-state index contributed by atoms with van der Waals surface area (Å²) < 4.78 is 10.5.